The van der Waals surface area contributed by atoms with Crippen LogP contribution in [0.1, 0.15) is 0 Å². The average molecular weight is 150 g/mol. The van der Waals surface area contributed by atoms with Crippen LogP contribution in [0.25, 0.3) is 0 Å². The highest BCUT2D eigenvalue weighted by Gasteiger charge is 1.99. The molecule has 0 saturated heterocycles. The first-order chi connectivity index (χ1) is 5.38. The third-order valence-corrected chi connectivity index (χ3v) is 1.25. The van der Waals surface area contributed by atoms with Crippen molar-refractivity contribution in [1.82, 2.24) is 0 Å². The standard InChI is InChI=1S/C8H8NO2/c1-11-9(7-10)8-5-3-2-4-6-8/h3-7H,1H3. The second-order valence-corrected chi connectivity index (χ2v) is 1.87. The Kier molecular flexibility index (Phi) is 2.63. The van der Waals surface area contributed by atoms with Gasteiger partial charge in [-0.25, -0.2) is 0 Å². The predicted molar refractivity (Wildman–Crippen MR) is 40.8 cm³/mol. The summed E-state index contributed by atoms with van der Waals surface area (Å²) in [6.07, 6.45) is 0.606. The van der Waals surface area contributed by atoms with Gasteiger partial charge in [0.05, 0.1) is 12.8 Å². The van der Waals surface area contributed by atoms with Crippen molar-refractivity contribution in [3.8, 4) is 0 Å². The molecule has 0 spiro atoms. The smallest absolute Gasteiger partial charge is 0.238 e. The summed E-state index contributed by atoms with van der Waals surface area (Å²) < 4.78 is 0. The molecule has 1 radical (unpaired) electrons. The van der Waals surface area contributed by atoms with Crippen LogP contribution in [0.3, 0.4) is 0 Å². The molecule has 1 aromatic carbocycles. The molecule has 0 aliphatic heterocycles. The van der Waals surface area contributed by atoms with Gasteiger partial charge in [-0.3, -0.25) is 9.63 Å². The number of hydrogen-bond acceptors (Lipinski definition) is 2. The van der Waals surface area contributed by atoms with E-state index < -0.39 is 0 Å². The van der Waals surface area contributed by atoms with Gasteiger partial charge in [-0.1, -0.05) is 12.1 Å². The fraction of sp³-hybridized carbons (Fsp3) is 0.125. The summed E-state index contributed by atoms with van der Waals surface area (Å²) in [7, 11) is 1.44. The Morgan fingerprint density at radius 2 is 2.18 bits per heavy atom. The summed E-state index contributed by atoms with van der Waals surface area (Å²) in [5.74, 6) is 0. The van der Waals surface area contributed by atoms with Gasteiger partial charge in [0, 0.05) is 0 Å². The molecule has 0 aliphatic carbocycles. The molecule has 1 rings (SSSR count). The molecule has 11 heavy (non-hydrogen) atoms. The van der Waals surface area contributed by atoms with Gasteiger partial charge in [-0.2, -0.15) is 5.06 Å². The summed E-state index contributed by atoms with van der Waals surface area (Å²) in [5.41, 5.74) is 0.696. The molecule has 0 heterocycles. The van der Waals surface area contributed by atoms with Gasteiger partial charge in [-0.05, 0) is 18.2 Å². The van der Waals surface area contributed by atoms with E-state index in [0.717, 1.165) is 5.06 Å². The van der Waals surface area contributed by atoms with E-state index >= 15 is 0 Å². The maximum absolute atomic E-state index is 10.3. The van der Waals surface area contributed by atoms with E-state index in [4.69, 9.17) is 4.84 Å². The lowest BCUT2D eigenvalue weighted by atomic mass is 10.3. The second kappa shape index (κ2) is 3.73. The van der Waals surface area contributed by atoms with Crippen molar-refractivity contribution < 1.29 is 9.63 Å². The molecule has 0 bridgehead atoms. The van der Waals surface area contributed by atoms with Crippen molar-refractivity contribution >= 4 is 12.1 Å². The quantitative estimate of drug-likeness (QED) is 0.475. The maximum Gasteiger partial charge on any atom is 0.238 e. The zero-order chi connectivity index (χ0) is 8.10. The monoisotopic (exact) mass is 150 g/mol. The zero-order valence-corrected chi connectivity index (χ0v) is 6.15. The molecular weight excluding hydrogens is 142 g/mol. The van der Waals surface area contributed by atoms with Gasteiger partial charge >= 0.3 is 0 Å². The first-order valence-electron chi connectivity index (χ1n) is 3.13. The summed E-state index contributed by atoms with van der Waals surface area (Å²) in [5, 5.41) is 1.13. The van der Waals surface area contributed by atoms with Crippen molar-refractivity contribution in [3.63, 3.8) is 0 Å². The minimum Gasteiger partial charge on any atom is -0.276 e. The van der Waals surface area contributed by atoms with Crippen LogP contribution in [-0.2, 0) is 9.63 Å². The van der Waals surface area contributed by atoms with Gasteiger partial charge in [0.15, 0.2) is 0 Å². The molecule has 0 aliphatic rings. The molecule has 0 N–H and O–H groups in total. The van der Waals surface area contributed by atoms with Crippen molar-refractivity contribution in [2.45, 2.75) is 0 Å². The van der Waals surface area contributed by atoms with Gasteiger partial charge in [0.25, 0.3) is 0 Å². The number of carbonyl (C=O) groups excluding carboxylic acids is 1. The number of hydroxylamine groups is 1. The van der Waals surface area contributed by atoms with E-state index in [1.54, 1.807) is 24.3 Å². The van der Waals surface area contributed by atoms with Crippen LogP contribution < -0.4 is 5.06 Å². The number of hydrogen-bond donors (Lipinski definition) is 0. The predicted octanol–water partition coefficient (Wildman–Crippen LogP) is 1.01. The van der Waals surface area contributed by atoms with E-state index in [2.05, 4.69) is 6.07 Å². The molecule has 0 aromatic heterocycles. The summed E-state index contributed by atoms with van der Waals surface area (Å²) >= 11 is 0. The Labute approximate surface area is 65.2 Å². The molecule has 3 heteroatoms. The normalized spacial score (nSPS) is 9.18. The molecule has 3 nitrogen and oxygen atoms in total. The van der Waals surface area contributed by atoms with Gasteiger partial charge in [0.1, 0.15) is 0 Å². The maximum atomic E-state index is 10.3. The van der Waals surface area contributed by atoms with E-state index in [0.29, 0.717) is 12.1 Å². The highest BCUT2D eigenvalue weighted by molar-refractivity contribution is 5.71. The highest BCUT2D eigenvalue weighted by Crippen LogP contribution is 2.09. The third-order valence-electron chi connectivity index (χ3n) is 1.25. The van der Waals surface area contributed by atoms with E-state index in [1.165, 1.54) is 7.11 Å². The van der Waals surface area contributed by atoms with Crippen LogP contribution >= 0.6 is 0 Å². The number of amides is 1. The Hall–Kier alpha value is -1.35. The van der Waals surface area contributed by atoms with Gasteiger partial charge < -0.3 is 0 Å². The number of rotatable bonds is 3. The highest BCUT2D eigenvalue weighted by atomic mass is 16.7. The molecule has 57 valence electrons. The lowest BCUT2D eigenvalue weighted by Gasteiger charge is -2.12. The largest absolute Gasteiger partial charge is 0.276 e. The van der Waals surface area contributed by atoms with Crippen LogP contribution in [0.4, 0.5) is 5.69 Å². The van der Waals surface area contributed by atoms with Gasteiger partial charge in [-0.15, -0.1) is 0 Å². The number of anilines is 1. The van der Waals surface area contributed by atoms with E-state index in [9.17, 15) is 4.79 Å². The molecule has 0 fully saturated rings. The lowest BCUT2D eigenvalue weighted by molar-refractivity contribution is -0.112. The van der Waals surface area contributed by atoms with Crippen molar-refractivity contribution in [1.29, 1.82) is 0 Å². The van der Waals surface area contributed by atoms with Crippen LogP contribution in [0.15, 0.2) is 24.3 Å². The van der Waals surface area contributed by atoms with Crippen LogP contribution in [0, 0.1) is 6.07 Å². The molecule has 0 saturated carbocycles. The topological polar surface area (TPSA) is 29.5 Å². The molecule has 1 amide bonds. The molecular formula is C8H8NO2. The summed E-state index contributed by atoms with van der Waals surface area (Å²) in [6, 6.07) is 9.73. The summed E-state index contributed by atoms with van der Waals surface area (Å²) in [4.78, 5) is 15.1. The van der Waals surface area contributed by atoms with Crippen LogP contribution in [-0.4, -0.2) is 13.5 Å². The number of carbonyl (C=O) groups is 1. The Balaban J connectivity index is 2.82. The van der Waals surface area contributed by atoms with Crippen molar-refractivity contribution in [3.05, 3.63) is 30.3 Å². The van der Waals surface area contributed by atoms with E-state index in [-0.39, 0.29) is 0 Å². The van der Waals surface area contributed by atoms with Crippen molar-refractivity contribution in [2.75, 3.05) is 12.2 Å². The molecule has 0 unspecified atom stereocenters. The third kappa shape index (κ3) is 1.78. The second-order valence-electron chi connectivity index (χ2n) is 1.87. The Morgan fingerprint density at radius 3 is 2.64 bits per heavy atom. The number of nitrogens with zero attached hydrogens (tertiary/aromatic N) is 1. The lowest BCUT2D eigenvalue weighted by Crippen LogP contribution is -2.18. The Bertz CT molecular complexity index is 223. The summed E-state index contributed by atoms with van der Waals surface area (Å²) in [6.45, 7) is 0. The van der Waals surface area contributed by atoms with Crippen LogP contribution in [0.5, 0.6) is 0 Å². The average Bonchev–Trinajstić information content (AvgIpc) is 2.09. The minimum absolute atomic E-state index is 0.606. The van der Waals surface area contributed by atoms with Crippen LogP contribution in [0.2, 0.25) is 0 Å². The van der Waals surface area contributed by atoms with Crippen molar-refractivity contribution in [2.24, 2.45) is 0 Å². The first-order valence-corrected chi connectivity index (χ1v) is 3.13. The number of benzene rings is 1. The molecule has 0 atom stereocenters. The van der Waals surface area contributed by atoms with Gasteiger partial charge in [0.2, 0.25) is 6.41 Å². The first kappa shape index (κ1) is 7.75. The minimum atomic E-state index is 0.606. The fourth-order valence-corrected chi connectivity index (χ4v) is 0.734. The SMILES string of the molecule is CON(C=O)c1cc[c]cc1. The fourth-order valence-electron chi connectivity index (χ4n) is 0.734. The molecule has 1 aromatic rings. The zero-order valence-electron chi connectivity index (χ0n) is 6.15. The Morgan fingerprint density at radius 1 is 1.55 bits per heavy atom. The van der Waals surface area contributed by atoms with E-state index in [1.807, 2.05) is 0 Å².